The molecule has 5 saturated heterocycles. The van der Waals surface area contributed by atoms with E-state index in [9.17, 15) is 54.5 Å². The Hall–Kier alpha value is -4.03. The van der Waals surface area contributed by atoms with Crippen molar-refractivity contribution in [3.05, 3.63) is 0 Å². The van der Waals surface area contributed by atoms with Gasteiger partial charge in [0.2, 0.25) is 11.7 Å². The molecule has 0 aromatic rings. The fourth-order valence-electron chi connectivity index (χ4n) is 10.2. The van der Waals surface area contributed by atoms with Gasteiger partial charge in [-0.25, -0.2) is 25.4 Å². The Morgan fingerprint density at radius 1 is 0.894 bits per heavy atom. The molecule has 22 heteroatoms. The van der Waals surface area contributed by atoms with Gasteiger partial charge in [-0.3, -0.25) is 49.2 Å². The molecule has 5 aliphatic rings. The van der Waals surface area contributed by atoms with Crippen molar-refractivity contribution >= 4 is 41.4 Å². The summed E-state index contributed by atoms with van der Waals surface area (Å²) in [6, 6.07) is -8.32. The summed E-state index contributed by atoms with van der Waals surface area (Å²) in [5, 5.41) is 64.7. The number of aliphatic hydroxyl groups is 3. The second-order valence-corrected chi connectivity index (χ2v) is 20.3. The number of nitrogens with zero attached hydrogens (tertiary/aromatic N) is 6. The van der Waals surface area contributed by atoms with Crippen molar-refractivity contribution in [2.24, 2.45) is 23.7 Å². The minimum atomic E-state index is -2.73. The highest BCUT2D eigenvalue weighted by Gasteiger charge is 2.59. The minimum absolute atomic E-state index is 0.0186. The lowest BCUT2D eigenvalue weighted by Crippen LogP contribution is -2.70. The van der Waals surface area contributed by atoms with E-state index in [0.717, 1.165) is 28.3 Å². The van der Waals surface area contributed by atoms with E-state index in [1.54, 1.807) is 13.8 Å². The van der Waals surface area contributed by atoms with Gasteiger partial charge in [0, 0.05) is 33.1 Å². The number of carbonyl (C=O) groups is 7. The molecular weight excluding hydrogens is 865 g/mol. The van der Waals surface area contributed by atoms with E-state index in [1.165, 1.54) is 32.8 Å². The number of esters is 1. The Morgan fingerprint density at radius 3 is 2.15 bits per heavy atom. The van der Waals surface area contributed by atoms with E-state index in [0.29, 0.717) is 38.1 Å². The van der Waals surface area contributed by atoms with Gasteiger partial charge in [0.15, 0.2) is 11.6 Å². The Morgan fingerprint density at radius 2 is 1.55 bits per heavy atom. The van der Waals surface area contributed by atoms with E-state index in [2.05, 4.69) is 24.6 Å². The first-order valence-electron chi connectivity index (χ1n) is 23.5. The van der Waals surface area contributed by atoms with Gasteiger partial charge in [-0.15, -0.1) is 0 Å². The molecule has 6 amide bonds. The summed E-state index contributed by atoms with van der Waals surface area (Å²) in [5.74, 6) is -11.5. The summed E-state index contributed by atoms with van der Waals surface area (Å²) >= 11 is 0. The quantitative estimate of drug-likeness (QED) is 0.124. The Labute approximate surface area is 386 Å². The number of hydroxylamine groups is 4. The highest BCUT2D eigenvalue weighted by atomic mass is 16.6. The molecule has 22 nitrogen and oxygen atoms in total. The second-order valence-electron chi connectivity index (χ2n) is 20.3. The van der Waals surface area contributed by atoms with E-state index >= 15 is 4.79 Å². The first-order chi connectivity index (χ1) is 30.7. The smallest absolute Gasteiger partial charge is 0.332 e. The van der Waals surface area contributed by atoms with Crippen molar-refractivity contribution in [1.29, 1.82) is 0 Å². The number of hydrogen-bond acceptors (Lipinski definition) is 16. The third kappa shape index (κ3) is 10.5. The maximum absolute atomic E-state index is 15.1. The van der Waals surface area contributed by atoms with Crippen molar-refractivity contribution < 1.29 is 68.8 Å². The van der Waals surface area contributed by atoms with Crippen LogP contribution in [0, 0.1) is 23.7 Å². The monoisotopic (exact) mass is 939 g/mol. The number of carbonyl (C=O) groups excluding carboxylic acids is 7. The molecular formula is C44H74N8O14. The van der Waals surface area contributed by atoms with E-state index in [4.69, 9.17) is 9.47 Å². The third-order valence-corrected chi connectivity index (χ3v) is 14.0. The van der Waals surface area contributed by atoms with Gasteiger partial charge in [0.05, 0.1) is 11.7 Å². The summed E-state index contributed by atoms with van der Waals surface area (Å²) in [7, 11) is 1.53. The van der Waals surface area contributed by atoms with Crippen LogP contribution in [0.4, 0.5) is 0 Å². The minimum Gasteiger partial charge on any atom is -0.458 e. The largest absolute Gasteiger partial charge is 0.458 e. The number of hydrogen-bond donors (Lipinski definition) is 7. The maximum Gasteiger partial charge on any atom is 0.332 e. The van der Waals surface area contributed by atoms with Crippen molar-refractivity contribution in [2.45, 2.75) is 180 Å². The van der Waals surface area contributed by atoms with Crippen LogP contribution in [0.25, 0.3) is 0 Å². The summed E-state index contributed by atoms with van der Waals surface area (Å²) in [5.41, 5.74) is -1.83. The second kappa shape index (κ2) is 20.7. The number of fused-ring (bicyclic) bond motifs is 3. The zero-order valence-corrected chi connectivity index (χ0v) is 40.1. The number of amides is 6. The molecule has 5 rings (SSSR count). The molecule has 0 radical (unpaired) electrons. The van der Waals surface area contributed by atoms with Crippen molar-refractivity contribution in [1.82, 2.24) is 40.8 Å². The first-order valence-corrected chi connectivity index (χ1v) is 23.5. The fourth-order valence-corrected chi connectivity index (χ4v) is 10.2. The molecule has 0 spiro atoms. The summed E-state index contributed by atoms with van der Waals surface area (Å²) in [6.07, 6.45) is -0.0845. The van der Waals surface area contributed by atoms with Crippen LogP contribution in [0.2, 0.25) is 0 Å². The van der Waals surface area contributed by atoms with E-state index in [1.807, 2.05) is 6.92 Å². The van der Waals surface area contributed by atoms with Gasteiger partial charge >= 0.3 is 5.97 Å². The topological polar surface area (TPSA) is 283 Å². The predicted octanol–water partition coefficient (Wildman–Crippen LogP) is -0.111. The normalized spacial score (nSPS) is 35.0. The molecule has 0 aromatic carbocycles. The summed E-state index contributed by atoms with van der Waals surface area (Å²) in [4.78, 5) is 102. The maximum atomic E-state index is 15.1. The fraction of sp³-hybridized carbons (Fsp3) is 0.841. The standard InChI is InChI=1S/C44H74N8O14/c1-11-30-27(22-24(2)3)16-17-44(62,66-30)43(9,61)41(59)46-32-34(26(6)7)65-40(58)33(25(4)5)52(64)39(57)35-42(8,60)18-21-48(35)36(54)29-15-13-20-47(10)51(29)31(53)23-49(63)37(55)28-14-12-19-45-50(28)38(32)56/h24-30,32-35,45,60-64H,11-23H2,1-10H3,(H,46,59). The van der Waals surface area contributed by atoms with Crippen LogP contribution in [0.15, 0.2) is 0 Å². The Kier molecular flexibility index (Phi) is 16.6. The molecule has 5 heterocycles. The predicted molar refractivity (Wildman–Crippen MR) is 231 cm³/mol. The number of rotatable bonds is 8. The molecule has 11 unspecified atom stereocenters. The van der Waals surface area contributed by atoms with Crippen LogP contribution in [0.3, 0.4) is 0 Å². The van der Waals surface area contributed by atoms with E-state index < -0.39 is 119 Å². The SMILES string of the molecule is CCC1OC(O)(C(C)(O)C(=O)NC2C(=O)N3NCCCC3C(=O)N(O)CC(=O)N3C(CCCN3C)C(=O)N3CCC(C)(O)C3C(=O)N(O)C(C(C)C)C(=O)OC2C(C)C)CCC1CC(C)C. The number of ether oxygens (including phenoxy) is 2. The molecule has 66 heavy (non-hydrogen) atoms. The highest BCUT2D eigenvalue weighted by molar-refractivity contribution is 5.97. The van der Waals surface area contributed by atoms with Crippen LogP contribution >= 0.6 is 0 Å². The van der Waals surface area contributed by atoms with Crippen molar-refractivity contribution in [2.75, 3.05) is 33.2 Å². The van der Waals surface area contributed by atoms with Gasteiger partial charge in [0.25, 0.3) is 29.5 Å². The lowest BCUT2D eigenvalue weighted by atomic mass is 9.78. The molecule has 0 aromatic heterocycles. The highest BCUT2D eigenvalue weighted by Crippen LogP contribution is 2.42. The molecule has 374 valence electrons. The van der Waals surface area contributed by atoms with Gasteiger partial charge in [-0.05, 0) is 88.9 Å². The average Bonchev–Trinajstić information content (AvgIpc) is 3.57. The van der Waals surface area contributed by atoms with Crippen LogP contribution in [0.5, 0.6) is 0 Å². The molecule has 11 atom stereocenters. The molecule has 0 saturated carbocycles. The zero-order valence-electron chi connectivity index (χ0n) is 40.1. The van der Waals surface area contributed by atoms with Crippen LogP contribution < -0.4 is 10.7 Å². The molecule has 5 fully saturated rings. The van der Waals surface area contributed by atoms with Gasteiger partial charge < -0.3 is 35.0 Å². The zero-order chi connectivity index (χ0) is 49.4. The third-order valence-electron chi connectivity index (χ3n) is 14.0. The van der Waals surface area contributed by atoms with Gasteiger partial charge in [0.1, 0.15) is 36.8 Å². The van der Waals surface area contributed by atoms with Crippen LogP contribution in [-0.4, -0.2) is 190 Å². The van der Waals surface area contributed by atoms with Gasteiger partial charge in [-0.1, -0.05) is 48.5 Å². The molecule has 0 bridgehead atoms. The Bertz CT molecular complexity index is 1830. The lowest BCUT2D eigenvalue weighted by molar-refractivity contribution is -0.329. The Balaban J connectivity index is 1.62. The first kappa shape index (κ1) is 52.9. The van der Waals surface area contributed by atoms with Crippen molar-refractivity contribution in [3.8, 4) is 0 Å². The number of cyclic esters (lactones) is 1. The van der Waals surface area contributed by atoms with E-state index in [-0.39, 0.29) is 54.8 Å². The van der Waals surface area contributed by atoms with Crippen LogP contribution in [0.1, 0.15) is 120 Å². The van der Waals surface area contributed by atoms with Gasteiger partial charge in [-0.2, -0.15) is 0 Å². The number of hydrazine groups is 2. The summed E-state index contributed by atoms with van der Waals surface area (Å²) in [6.45, 7) is 13.6. The molecule has 5 aliphatic heterocycles. The van der Waals surface area contributed by atoms with Crippen LogP contribution in [-0.2, 0) is 43.0 Å². The average molecular weight is 939 g/mol. The lowest BCUT2D eigenvalue weighted by Gasteiger charge is -2.48. The number of nitrogens with one attached hydrogen (secondary N) is 2. The molecule has 7 N–H and O–H groups in total. The summed E-state index contributed by atoms with van der Waals surface area (Å²) < 4.78 is 12.2. The molecule has 0 aliphatic carbocycles. The van der Waals surface area contributed by atoms with Crippen molar-refractivity contribution in [3.63, 3.8) is 0 Å².